The molecule has 0 bridgehead atoms. The van der Waals surface area contributed by atoms with E-state index < -0.39 is 0 Å². The number of aromatic nitrogens is 2. The molecule has 0 spiro atoms. The largest absolute Gasteiger partial charge is 0.494 e. The Kier molecular flexibility index (Phi) is 11.8. The van der Waals surface area contributed by atoms with Gasteiger partial charge in [0.25, 0.3) is 0 Å². The topological polar surface area (TPSA) is 35.0 Å². The molecule has 0 aliphatic heterocycles. The monoisotopic (exact) mass is 450 g/mol. The Balaban J connectivity index is 1.32. The Labute approximate surface area is 202 Å². The summed E-state index contributed by atoms with van der Waals surface area (Å²) < 4.78 is 5.99. The van der Waals surface area contributed by atoms with Crippen LogP contribution in [0.15, 0.2) is 36.7 Å². The van der Waals surface area contributed by atoms with E-state index in [1.807, 2.05) is 12.4 Å². The van der Waals surface area contributed by atoms with E-state index in [-0.39, 0.29) is 0 Å². The molecule has 0 unspecified atom stereocenters. The summed E-state index contributed by atoms with van der Waals surface area (Å²) in [7, 11) is 0. The predicted molar refractivity (Wildman–Crippen MR) is 140 cm³/mol. The van der Waals surface area contributed by atoms with Crippen molar-refractivity contribution in [3.05, 3.63) is 42.2 Å². The number of nitrogens with zero attached hydrogens (tertiary/aromatic N) is 2. The van der Waals surface area contributed by atoms with Crippen LogP contribution in [0, 0.1) is 11.8 Å². The molecular weight excluding hydrogens is 404 g/mol. The van der Waals surface area contributed by atoms with Gasteiger partial charge in [0.2, 0.25) is 0 Å². The smallest absolute Gasteiger partial charge is 0.159 e. The van der Waals surface area contributed by atoms with Crippen molar-refractivity contribution in [3.63, 3.8) is 0 Å². The van der Waals surface area contributed by atoms with Gasteiger partial charge in [-0.25, -0.2) is 9.97 Å². The molecule has 0 saturated heterocycles. The summed E-state index contributed by atoms with van der Waals surface area (Å²) in [5.74, 6) is 3.66. The van der Waals surface area contributed by atoms with E-state index in [1.165, 1.54) is 89.0 Å². The van der Waals surface area contributed by atoms with Crippen LogP contribution in [-0.2, 0) is 6.42 Å². The van der Waals surface area contributed by atoms with Gasteiger partial charge in [-0.15, -0.1) is 0 Å². The van der Waals surface area contributed by atoms with Crippen LogP contribution in [0.2, 0.25) is 0 Å². The van der Waals surface area contributed by atoms with Gasteiger partial charge in [-0.1, -0.05) is 84.5 Å². The maximum atomic E-state index is 5.99. The first kappa shape index (κ1) is 25.7. The lowest BCUT2D eigenvalue weighted by Crippen LogP contribution is -2.14. The number of ether oxygens (including phenoxy) is 1. The van der Waals surface area contributed by atoms with E-state index in [0.717, 1.165) is 48.4 Å². The molecule has 0 atom stereocenters. The highest BCUT2D eigenvalue weighted by molar-refractivity contribution is 5.55. The van der Waals surface area contributed by atoms with Crippen molar-refractivity contribution < 1.29 is 4.74 Å². The lowest BCUT2D eigenvalue weighted by molar-refractivity contribution is 0.234. The molecular formula is C30H46N2O. The second-order valence-electron chi connectivity index (χ2n) is 10.1. The van der Waals surface area contributed by atoms with Gasteiger partial charge in [-0.05, 0) is 67.3 Å². The van der Waals surface area contributed by atoms with E-state index in [2.05, 4.69) is 48.1 Å². The highest BCUT2D eigenvalue weighted by Gasteiger charge is 2.19. The minimum atomic E-state index is 0.799. The molecule has 3 heteroatoms. The van der Waals surface area contributed by atoms with Gasteiger partial charge in [-0.2, -0.15) is 0 Å². The molecule has 1 fully saturated rings. The number of aryl methyl sites for hydroxylation is 1. The average Bonchev–Trinajstić information content (AvgIpc) is 2.87. The molecule has 1 saturated carbocycles. The van der Waals surface area contributed by atoms with Gasteiger partial charge < -0.3 is 4.74 Å². The van der Waals surface area contributed by atoms with Gasteiger partial charge in [0.05, 0.1) is 6.61 Å². The summed E-state index contributed by atoms with van der Waals surface area (Å²) in [5, 5.41) is 0. The minimum absolute atomic E-state index is 0.799. The fourth-order valence-electron chi connectivity index (χ4n) is 5.11. The van der Waals surface area contributed by atoms with E-state index in [4.69, 9.17) is 4.74 Å². The van der Waals surface area contributed by atoms with Gasteiger partial charge in [0, 0.05) is 18.0 Å². The zero-order valence-corrected chi connectivity index (χ0v) is 21.2. The second-order valence-corrected chi connectivity index (χ2v) is 10.1. The van der Waals surface area contributed by atoms with Crippen LogP contribution in [0.4, 0.5) is 0 Å². The molecule has 182 valence electrons. The van der Waals surface area contributed by atoms with E-state index >= 15 is 0 Å². The maximum absolute atomic E-state index is 5.99. The third-order valence-corrected chi connectivity index (χ3v) is 7.46. The molecule has 1 aliphatic rings. The van der Waals surface area contributed by atoms with Crippen molar-refractivity contribution in [2.24, 2.45) is 11.8 Å². The minimum Gasteiger partial charge on any atom is -0.494 e. The Bertz CT molecular complexity index is 748. The maximum Gasteiger partial charge on any atom is 0.159 e. The molecule has 3 nitrogen and oxygen atoms in total. The van der Waals surface area contributed by atoms with Crippen LogP contribution in [0.3, 0.4) is 0 Å². The van der Waals surface area contributed by atoms with Gasteiger partial charge in [0.1, 0.15) is 5.75 Å². The van der Waals surface area contributed by atoms with Crippen LogP contribution in [0.1, 0.15) is 109 Å². The van der Waals surface area contributed by atoms with E-state index in [9.17, 15) is 0 Å². The summed E-state index contributed by atoms with van der Waals surface area (Å²) in [6.45, 7) is 5.42. The number of rotatable bonds is 15. The van der Waals surface area contributed by atoms with Gasteiger partial charge in [-0.3, -0.25) is 0 Å². The first-order valence-corrected chi connectivity index (χ1v) is 13.8. The zero-order valence-electron chi connectivity index (χ0n) is 21.2. The van der Waals surface area contributed by atoms with E-state index in [1.54, 1.807) is 0 Å². The predicted octanol–water partition coefficient (Wildman–Crippen LogP) is 8.81. The quantitative estimate of drug-likeness (QED) is 0.254. The number of hydrogen-bond donors (Lipinski definition) is 0. The SMILES string of the molecule is CCCCCCCCCc1cnc(-c2ccc(OCCC[C@H]3CC[C@H](CC)CC3)cc2)nc1. The average molecular weight is 451 g/mol. The van der Waals surface area contributed by atoms with Crippen LogP contribution in [0.25, 0.3) is 11.4 Å². The molecule has 33 heavy (non-hydrogen) atoms. The number of hydrogen-bond acceptors (Lipinski definition) is 3. The zero-order chi connectivity index (χ0) is 23.1. The van der Waals surface area contributed by atoms with Crippen LogP contribution >= 0.6 is 0 Å². The molecule has 2 aromatic rings. The molecule has 0 N–H and O–H groups in total. The fourth-order valence-corrected chi connectivity index (χ4v) is 5.11. The highest BCUT2D eigenvalue weighted by Crippen LogP contribution is 2.33. The van der Waals surface area contributed by atoms with Crippen molar-refractivity contribution in [1.29, 1.82) is 0 Å². The second kappa shape index (κ2) is 15.1. The summed E-state index contributed by atoms with van der Waals surface area (Å²) in [5.41, 5.74) is 2.30. The summed E-state index contributed by atoms with van der Waals surface area (Å²) in [6.07, 6.45) is 24.0. The molecule has 3 rings (SSSR count). The first-order valence-electron chi connectivity index (χ1n) is 13.8. The van der Waals surface area contributed by atoms with Gasteiger partial charge in [0.15, 0.2) is 5.82 Å². The number of unbranched alkanes of at least 4 members (excludes halogenated alkanes) is 6. The Morgan fingerprint density at radius 2 is 1.39 bits per heavy atom. The molecule has 1 heterocycles. The fraction of sp³-hybridized carbons (Fsp3) is 0.667. The van der Waals surface area contributed by atoms with Crippen LogP contribution in [-0.4, -0.2) is 16.6 Å². The molecule has 0 amide bonds. The highest BCUT2D eigenvalue weighted by atomic mass is 16.5. The normalized spacial score (nSPS) is 18.4. The molecule has 1 aliphatic carbocycles. The first-order chi connectivity index (χ1) is 16.3. The third-order valence-electron chi connectivity index (χ3n) is 7.46. The summed E-state index contributed by atoms with van der Waals surface area (Å²) >= 11 is 0. The van der Waals surface area contributed by atoms with Crippen molar-refractivity contribution in [2.75, 3.05) is 6.61 Å². The molecule has 1 aromatic heterocycles. The Morgan fingerprint density at radius 3 is 2.06 bits per heavy atom. The standard InChI is InChI=1S/C30H46N2O/c1-3-5-6-7-8-9-10-12-27-23-31-30(32-24-27)28-18-20-29(21-19-28)33-22-11-13-26-16-14-25(4-2)15-17-26/h18-21,23-26H,3-17,22H2,1-2H3/t25-,26-. The van der Waals surface area contributed by atoms with Gasteiger partial charge >= 0.3 is 0 Å². The van der Waals surface area contributed by atoms with Crippen LogP contribution in [0.5, 0.6) is 5.75 Å². The van der Waals surface area contributed by atoms with Crippen molar-refractivity contribution in [3.8, 4) is 17.1 Å². The Morgan fingerprint density at radius 1 is 0.758 bits per heavy atom. The van der Waals surface area contributed by atoms with E-state index in [0.29, 0.717) is 0 Å². The third kappa shape index (κ3) is 9.47. The van der Waals surface area contributed by atoms with Crippen molar-refractivity contribution >= 4 is 0 Å². The van der Waals surface area contributed by atoms with Crippen molar-refractivity contribution in [2.45, 2.75) is 110 Å². The molecule has 1 aromatic carbocycles. The lowest BCUT2D eigenvalue weighted by Gasteiger charge is -2.27. The Hall–Kier alpha value is -1.90. The van der Waals surface area contributed by atoms with Crippen LogP contribution < -0.4 is 4.74 Å². The summed E-state index contributed by atoms with van der Waals surface area (Å²) in [6, 6.07) is 8.26. The van der Waals surface area contributed by atoms with Crippen molar-refractivity contribution in [1.82, 2.24) is 9.97 Å². The lowest BCUT2D eigenvalue weighted by atomic mass is 9.79. The molecule has 0 radical (unpaired) electrons. The summed E-state index contributed by atoms with van der Waals surface area (Å²) in [4.78, 5) is 9.21. The number of benzene rings is 1.